The van der Waals surface area contributed by atoms with E-state index in [9.17, 15) is 4.79 Å². The van der Waals surface area contributed by atoms with Gasteiger partial charge in [0.2, 0.25) is 11.9 Å². The monoisotopic (exact) mass is 279 g/mol. The zero-order valence-corrected chi connectivity index (χ0v) is 13.0. The summed E-state index contributed by atoms with van der Waals surface area (Å²) in [4.78, 5) is 22.6. The zero-order valence-electron chi connectivity index (χ0n) is 13.0. The van der Waals surface area contributed by atoms with E-state index in [0.29, 0.717) is 24.9 Å². The number of likely N-dealkylation sites (N-methyl/N-ethyl adjacent to an activating group) is 1. The number of anilines is 2. The quantitative estimate of drug-likeness (QED) is 0.797. The molecule has 0 aliphatic heterocycles. The molecule has 1 rings (SSSR count). The van der Waals surface area contributed by atoms with Crippen molar-refractivity contribution in [2.75, 3.05) is 30.3 Å². The smallest absolute Gasteiger partial charge is 0.244 e. The first-order chi connectivity index (χ1) is 9.53. The number of aryl methyl sites for hydroxylation is 1. The second-order valence-corrected chi connectivity index (χ2v) is 4.63. The average molecular weight is 279 g/mol. The van der Waals surface area contributed by atoms with E-state index in [1.807, 2.05) is 34.6 Å². The molecule has 0 fully saturated rings. The third kappa shape index (κ3) is 4.08. The van der Waals surface area contributed by atoms with E-state index in [1.165, 1.54) is 0 Å². The topological polar surface area (TPSA) is 70.2 Å². The highest BCUT2D eigenvalue weighted by molar-refractivity contribution is 5.84. The number of hydrogen-bond donors (Lipinski definition) is 2. The third-order valence-electron chi connectivity index (χ3n) is 3.11. The first-order valence-corrected chi connectivity index (χ1v) is 7.16. The SMILES string of the molecule is CCNc1ncc(C)c(NC(C)C(=O)N(CC)CC)n1. The van der Waals surface area contributed by atoms with Crippen LogP contribution in [-0.4, -0.2) is 46.5 Å². The maximum Gasteiger partial charge on any atom is 0.244 e. The van der Waals surface area contributed by atoms with E-state index in [4.69, 9.17) is 0 Å². The van der Waals surface area contributed by atoms with Gasteiger partial charge in [-0.1, -0.05) is 0 Å². The minimum atomic E-state index is -0.307. The van der Waals surface area contributed by atoms with Crippen LogP contribution in [0, 0.1) is 6.92 Å². The van der Waals surface area contributed by atoms with Gasteiger partial charge in [-0.15, -0.1) is 0 Å². The number of aromatic nitrogens is 2. The molecule has 0 saturated carbocycles. The van der Waals surface area contributed by atoms with Crippen LogP contribution < -0.4 is 10.6 Å². The van der Waals surface area contributed by atoms with Crippen LogP contribution in [0.1, 0.15) is 33.3 Å². The number of carbonyl (C=O) groups excluding carboxylic acids is 1. The Hall–Kier alpha value is -1.85. The van der Waals surface area contributed by atoms with E-state index in [-0.39, 0.29) is 11.9 Å². The summed E-state index contributed by atoms with van der Waals surface area (Å²) in [6.45, 7) is 11.9. The molecular formula is C14H25N5O. The fourth-order valence-electron chi connectivity index (χ4n) is 1.91. The lowest BCUT2D eigenvalue weighted by Gasteiger charge is -2.24. The van der Waals surface area contributed by atoms with Crippen LogP contribution in [0.2, 0.25) is 0 Å². The second-order valence-electron chi connectivity index (χ2n) is 4.63. The molecule has 112 valence electrons. The molecule has 6 nitrogen and oxygen atoms in total. The minimum Gasteiger partial charge on any atom is -0.358 e. The highest BCUT2D eigenvalue weighted by atomic mass is 16.2. The molecule has 2 N–H and O–H groups in total. The van der Waals surface area contributed by atoms with Crippen LogP contribution >= 0.6 is 0 Å². The Kier molecular flexibility index (Phi) is 6.21. The summed E-state index contributed by atoms with van der Waals surface area (Å²) in [7, 11) is 0. The molecule has 0 bridgehead atoms. The van der Waals surface area contributed by atoms with Crippen molar-refractivity contribution in [3.63, 3.8) is 0 Å². The Morgan fingerprint density at radius 2 is 2.00 bits per heavy atom. The van der Waals surface area contributed by atoms with Crippen molar-refractivity contribution in [3.8, 4) is 0 Å². The van der Waals surface area contributed by atoms with Crippen LogP contribution in [0.5, 0.6) is 0 Å². The predicted octanol–water partition coefficient (Wildman–Crippen LogP) is 1.89. The van der Waals surface area contributed by atoms with Crippen molar-refractivity contribution in [1.29, 1.82) is 0 Å². The van der Waals surface area contributed by atoms with Gasteiger partial charge in [-0.25, -0.2) is 4.98 Å². The molecule has 0 aliphatic rings. The number of nitrogens with zero attached hydrogens (tertiary/aromatic N) is 3. The molecule has 0 saturated heterocycles. The summed E-state index contributed by atoms with van der Waals surface area (Å²) >= 11 is 0. The average Bonchev–Trinajstić information content (AvgIpc) is 2.44. The number of carbonyl (C=O) groups is 1. The predicted molar refractivity (Wildman–Crippen MR) is 81.9 cm³/mol. The highest BCUT2D eigenvalue weighted by Gasteiger charge is 2.19. The number of nitrogens with one attached hydrogen (secondary N) is 2. The first kappa shape index (κ1) is 16.2. The molecule has 0 spiro atoms. The Bertz CT molecular complexity index is 445. The van der Waals surface area contributed by atoms with Gasteiger partial charge >= 0.3 is 0 Å². The van der Waals surface area contributed by atoms with Gasteiger partial charge in [-0.05, 0) is 34.6 Å². The molecule has 1 amide bonds. The van der Waals surface area contributed by atoms with Crippen molar-refractivity contribution < 1.29 is 4.79 Å². The van der Waals surface area contributed by atoms with Crippen LogP contribution in [0.3, 0.4) is 0 Å². The molecular weight excluding hydrogens is 254 g/mol. The summed E-state index contributed by atoms with van der Waals surface area (Å²) in [5.74, 6) is 1.35. The summed E-state index contributed by atoms with van der Waals surface area (Å²) in [6.07, 6.45) is 1.75. The molecule has 1 heterocycles. The Labute approximate surface area is 121 Å². The van der Waals surface area contributed by atoms with Gasteiger partial charge in [0.25, 0.3) is 0 Å². The van der Waals surface area contributed by atoms with Crippen molar-refractivity contribution in [2.45, 2.75) is 40.7 Å². The second kappa shape index (κ2) is 7.67. The first-order valence-electron chi connectivity index (χ1n) is 7.16. The lowest BCUT2D eigenvalue weighted by Crippen LogP contribution is -2.41. The van der Waals surface area contributed by atoms with Crippen LogP contribution in [0.4, 0.5) is 11.8 Å². The number of hydrogen-bond acceptors (Lipinski definition) is 5. The zero-order chi connectivity index (χ0) is 15.1. The van der Waals surface area contributed by atoms with Crippen LogP contribution in [0.25, 0.3) is 0 Å². The van der Waals surface area contributed by atoms with Crippen LogP contribution in [0.15, 0.2) is 6.20 Å². The normalized spacial score (nSPS) is 11.8. The molecule has 0 radical (unpaired) electrons. The summed E-state index contributed by atoms with van der Waals surface area (Å²) in [6, 6.07) is -0.307. The van der Waals surface area contributed by atoms with Gasteiger partial charge in [0.1, 0.15) is 11.9 Å². The minimum absolute atomic E-state index is 0.0815. The van der Waals surface area contributed by atoms with Crippen LogP contribution in [-0.2, 0) is 4.79 Å². The van der Waals surface area contributed by atoms with Gasteiger partial charge in [-0.3, -0.25) is 4.79 Å². The van der Waals surface area contributed by atoms with Crippen molar-refractivity contribution in [2.24, 2.45) is 0 Å². The van der Waals surface area contributed by atoms with E-state index >= 15 is 0 Å². The molecule has 0 aromatic carbocycles. The van der Waals surface area contributed by atoms with Crippen molar-refractivity contribution in [3.05, 3.63) is 11.8 Å². The lowest BCUT2D eigenvalue weighted by atomic mass is 10.2. The maximum absolute atomic E-state index is 12.2. The number of amides is 1. The molecule has 20 heavy (non-hydrogen) atoms. The van der Waals surface area contributed by atoms with E-state index < -0.39 is 0 Å². The third-order valence-corrected chi connectivity index (χ3v) is 3.11. The molecule has 6 heteroatoms. The largest absolute Gasteiger partial charge is 0.358 e. The molecule has 1 unspecified atom stereocenters. The summed E-state index contributed by atoms with van der Waals surface area (Å²) < 4.78 is 0. The maximum atomic E-state index is 12.2. The lowest BCUT2D eigenvalue weighted by molar-refractivity contribution is -0.131. The van der Waals surface area contributed by atoms with Crippen molar-refractivity contribution >= 4 is 17.7 Å². The Morgan fingerprint density at radius 1 is 1.35 bits per heavy atom. The molecule has 1 aromatic heterocycles. The molecule has 1 atom stereocenters. The van der Waals surface area contributed by atoms with Gasteiger partial charge in [0.15, 0.2) is 0 Å². The fourth-order valence-corrected chi connectivity index (χ4v) is 1.91. The summed E-state index contributed by atoms with van der Waals surface area (Å²) in [5, 5.41) is 6.24. The van der Waals surface area contributed by atoms with E-state index in [1.54, 1.807) is 11.1 Å². The number of rotatable bonds is 7. The van der Waals surface area contributed by atoms with Gasteiger partial charge in [0.05, 0.1) is 0 Å². The highest BCUT2D eigenvalue weighted by Crippen LogP contribution is 2.14. The van der Waals surface area contributed by atoms with Gasteiger partial charge in [0, 0.05) is 31.4 Å². The van der Waals surface area contributed by atoms with E-state index in [0.717, 1.165) is 12.1 Å². The van der Waals surface area contributed by atoms with Gasteiger partial charge in [-0.2, -0.15) is 4.98 Å². The molecule has 1 aromatic rings. The molecule has 0 aliphatic carbocycles. The van der Waals surface area contributed by atoms with E-state index in [2.05, 4.69) is 20.6 Å². The fraction of sp³-hybridized carbons (Fsp3) is 0.643. The Balaban J connectivity index is 2.81. The Morgan fingerprint density at radius 3 is 2.55 bits per heavy atom. The van der Waals surface area contributed by atoms with Crippen molar-refractivity contribution in [1.82, 2.24) is 14.9 Å². The standard InChI is InChI=1S/C14H25N5O/c1-6-15-14-16-9-10(4)12(18-14)17-11(5)13(20)19(7-2)8-3/h9,11H,6-8H2,1-5H3,(H2,15,16,17,18). The van der Waals surface area contributed by atoms with Gasteiger partial charge < -0.3 is 15.5 Å². The summed E-state index contributed by atoms with van der Waals surface area (Å²) in [5.41, 5.74) is 0.922.